The molecule has 2 aliphatic rings. The van der Waals surface area contributed by atoms with Crippen molar-refractivity contribution >= 4 is 18.0 Å². The number of carbonyl (C=O) groups excluding carboxylic acids is 3. The Morgan fingerprint density at radius 2 is 1.91 bits per heavy atom. The van der Waals surface area contributed by atoms with Gasteiger partial charge in [0, 0.05) is 18.8 Å². The van der Waals surface area contributed by atoms with Gasteiger partial charge in [0.25, 0.3) is 0 Å². The molecule has 32 heavy (non-hydrogen) atoms. The molecule has 0 unspecified atom stereocenters. The number of esters is 2. The number of methoxy groups -OCH3 is 1. The number of hydrogen-bond donors (Lipinski definition) is 2. The summed E-state index contributed by atoms with van der Waals surface area (Å²) in [4.78, 5) is 39.5. The second-order valence-corrected chi connectivity index (χ2v) is 7.74. The van der Waals surface area contributed by atoms with Crippen LogP contribution in [0.2, 0.25) is 0 Å². The number of carbonyl (C=O) groups is 3. The highest BCUT2D eigenvalue weighted by molar-refractivity contribution is 5.95. The monoisotopic (exact) mass is 445 g/mol. The molecule has 2 aliphatic heterocycles. The van der Waals surface area contributed by atoms with Crippen molar-refractivity contribution in [2.75, 3.05) is 40.0 Å². The highest BCUT2D eigenvalue weighted by Crippen LogP contribution is 2.30. The van der Waals surface area contributed by atoms with Crippen LogP contribution in [0.1, 0.15) is 38.3 Å². The molecule has 0 aliphatic carbocycles. The van der Waals surface area contributed by atoms with E-state index in [1.807, 2.05) is 19.1 Å². The molecule has 0 aromatic heterocycles. The fraction of sp³-hybridized carbons (Fsp3) is 0.522. The topological polar surface area (TPSA) is 106 Å². The number of hydrogen-bond acceptors (Lipinski definition) is 7. The van der Waals surface area contributed by atoms with E-state index < -0.39 is 18.0 Å². The van der Waals surface area contributed by atoms with Gasteiger partial charge in [0.05, 0.1) is 37.9 Å². The molecular formula is C23H31N3O6. The van der Waals surface area contributed by atoms with Crippen molar-refractivity contribution < 1.29 is 28.6 Å². The number of piperidine rings is 1. The summed E-state index contributed by atoms with van der Waals surface area (Å²) in [6.07, 6.45) is 1.60. The molecule has 0 radical (unpaired) electrons. The van der Waals surface area contributed by atoms with E-state index in [-0.39, 0.29) is 11.9 Å². The third-order valence-electron chi connectivity index (χ3n) is 5.59. The molecular weight excluding hydrogens is 414 g/mol. The number of likely N-dealkylation sites (tertiary alicyclic amines) is 1. The van der Waals surface area contributed by atoms with Crippen LogP contribution in [0, 0.1) is 5.92 Å². The molecule has 2 heterocycles. The normalized spacial score (nSPS) is 21.4. The Balaban J connectivity index is 1.87. The van der Waals surface area contributed by atoms with Crippen LogP contribution in [0.4, 0.5) is 4.79 Å². The number of benzene rings is 1. The lowest BCUT2D eigenvalue weighted by atomic mass is 9.94. The molecule has 0 bridgehead atoms. The number of urea groups is 1. The van der Waals surface area contributed by atoms with E-state index in [1.165, 1.54) is 7.11 Å². The molecule has 9 heteroatoms. The van der Waals surface area contributed by atoms with Gasteiger partial charge in [0.2, 0.25) is 0 Å². The third-order valence-corrected chi connectivity index (χ3v) is 5.59. The van der Waals surface area contributed by atoms with Crippen molar-refractivity contribution in [3.05, 3.63) is 41.1 Å². The second-order valence-electron chi connectivity index (χ2n) is 7.74. The van der Waals surface area contributed by atoms with Crippen molar-refractivity contribution in [1.82, 2.24) is 15.5 Å². The summed E-state index contributed by atoms with van der Waals surface area (Å²) in [5.74, 6) is -0.241. The molecule has 1 aromatic rings. The molecule has 0 spiro atoms. The molecule has 2 N–H and O–H groups in total. The largest absolute Gasteiger partial charge is 0.494 e. The van der Waals surface area contributed by atoms with E-state index >= 15 is 0 Å². The van der Waals surface area contributed by atoms with Gasteiger partial charge in [-0.1, -0.05) is 12.1 Å². The Hall–Kier alpha value is -3.07. The molecule has 1 aromatic carbocycles. The van der Waals surface area contributed by atoms with Gasteiger partial charge in [-0.25, -0.2) is 9.59 Å². The van der Waals surface area contributed by atoms with Gasteiger partial charge in [-0.2, -0.15) is 0 Å². The summed E-state index contributed by atoms with van der Waals surface area (Å²) in [6, 6.07) is 6.18. The summed E-state index contributed by atoms with van der Waals surface area (Å²) in [7, 11) is 1.32. The van der Waals surface area contributed by atoms with Gasteiger partial charge in [-0.15, -0.1) is 0 Å². The zero-order valence-corrected chi connectivity index (χ0v) is 18.8. The van der Waals surface area contributed by atoms with Crippen LogP contribution >= 0.6 is 0 Å². The molecule has 1 fully saturated rings. The number of amides is 2. The van der Waals surface area contributed by atoms with Crippen LogP contribution in [0.15, 0.2) is 35.5 Å². The lowest BCUT2D eigenvalue weighted by molar-refractivity contribution is -0.150. The van der Waals surface area contributed by atoms with Crippen LogP contribution in [-0.2, 0) is 19.1 Å². The SMILES string of the molecule is CCOC(=O)[C@@H]1CCCN(CC2=C(C(=O)OC)[C@@H](c3ccc(OCC)cc3)NC(=O)N2)C1. The summed E-state index contributed by atoms with van der Waals surface area (Å²) in [5.41, 5.74) is 1.56. The number of nitrogens with zero attached hydrogens (tertiary/aromatic N) is 1. The van der Waals surface area contributed by atoms with Crippen LogP contribution in [0.25, 0.3) is 0 Å². The molecule has 3 rings (SSSR count). The summed E-state index contributed by atoms with van der Waals surface area (Å²) in [5, 5.41) is 5.59. The number of ether oxygens (including phenoxy) is 3. The van der Waals surface area contributed by atoms with Gasteiger partial charge < -0.3 is 24.8 Å². The average molecular weight is 446 g/mol. The van der Waals surface area contributed by atoms with Crippen molar-refractivity contribution in [1.29, 1.82) is 0 Å². The highest BCUT2D eigenvalue weighted by Gasteiger charge is 2.35. The van der Waals surface area contributed by atoms with E-state index in [2.05, 4.69) is 15.5 Å². The van der Waals surface area contributed by atoms with Gasteiger partial charge in [0.15, 0.2) is 0 Å². The maximum atomic E-state index is 12.7. The molecule has 0 saturated carbocycles. The van der Waals surface area contributed by atoms with Crippen LogP contribution in [-0.4, -0.2) is 62.8 Å². The highest BCUT2D eigenvalue weighted by atomic mass is 16.5. The Kier molecular flexibility index (Phi) is 8.10. The predicted octanol–water partition coefficient (Wildman–Crippen LogP) is 2.14. The fourth-order valence-electron chi connectivity index (χ4n) is 4.14. The second kappa shape index (κ2) is 11.0. The van der Waals surface area contributed by atoms with Crippen molar-refractivity contribution in [2.45, 2.75) is 32.7 Å². The summed E-state index contributed by atoms with van der Waals surface area (Å²) in [6.45, 7) is 6.16. The first-order valence-corrected chi connectivity index (χ1v) is 11.0. The van der Waals surface area contributed by atoms with Crippen molar-refractivity contribution in [3.63, 3.8) is 0 Å². The number of rotatable bonds is 8. The minimum Gasteiger partial charge on any atom is -0.494 e. The lowest BCUT2D eigenvalue weighted by Crippen LogP contribution is -2.49. The minimum atomic E-state index is -0.660. The van der Waals surface area contributed by atoms with E-state index in [9.17, 15) is 14.4 Å². The average Bonchev–Trinajstić information content (AvgIpc) is 2.79. The van der Waals surface area contributed by atoms with Gasteiger partial charge in [-0.05, 0) is 50.9 Å². The quantitative estimate of drug-likeness (QED) is 0.591. The van der Waals surface area contributed by atoms with E-state index in [0.717, 1.165) is 24.9 Å². The zero-order valence-electron chi connectivity index (χ0n) is 18.8. The van der Waals surface area contributed by atoms with Gasteiger partial charge >= 0.3 is 18.0 Å². The van der Waals surface area contributed by atoms with Crippen molar-refractivity contribution in [2.24, 2.45) is 5.92 Å². The maximum absolute atomic E-state index is 12.7. The molecule has 1 saturated heterocycles. The lowest BCUT2D eigenvalue weighted by Gasteiger charge is -2.35. The van der Waals surface area contributed by atoms with Crippen LogP contribution in [0.5, 0.6) is 5.75 Å². The smallest absolute Gasteiger partial charge is 0.338 e. The zero-order chi connectivity index (χ0) is 23.1. The minimum absolute atomic E-state index is 0.207. The molecule has 2 amide bonds. The Labute approximate surface area is 188 Å². The first kappa shape index (κ1) is 23.6. The first-order valence-electron chi connectivity index (χ1n) is 11.0. The van der Waals surface area contributed by atoms with Crippen LogP contribution in [0.3, 0.4) is 0 Å². The molecule has 9 nitrogen and oxygen atoms in total. The third kappa shape index (κ3) is 5.59. The van der Waals surface area contributed by atoms with Gasteiger partial charge in [0.1, 0.15) is 5.75 Å². The standard InChI is InChI=1S/C23H31N3O6/c1-4-31-17-10-8-15(9-11-17)20-19(22(28)30-3)18(24-23(29)25-20)14-26-12-6-7-16(13-26)21(27)32-5-2/h8-11,16,20H,4-7,12-14H2,1-3H3,(H2,24,25,29)/t16-,20-/m1/s1. The van der Waals surface area contributed by atoms with E-state index in [0.29, 0.717) is 43.3 Å². The van der Waals surface area contributed by atoms with Gasteiger partial charge in [-0.3, -0.25) is 9.69 Å². The van der Waals surface area contributed by atoms with E-state index in [4.69, 9.17) is 14.2 Å². The first-order chi connectivity index (χ1) is 15.5. The number of nitrogens with one attached hydrogen (secondary N) is 2. The molecule has 2 atom stereocenters. The Morgan fingerprint density at radius 3 is 2.56 bits per heavy atom. The Morgan fingerprint density at radius 1 is 1.16 bits per heavy atom. The fourth-order valence-corrected chi connectivity index (χ4v) is 4.14. The summed E-state index contributed by atoms with van der Waals surface area (Å²) >= 11 is 0. The Bertz CT molecular complexity index is 867. The summed E-state index contributed by atoms with van der Waals surface area (Å²) < 4.78 is 15.7. The van der Waals surface area contributed by atoms with Crippen molar-refractivity contribution in [3.8, 4) is 5.75 Å². The molecule has 174 valence electrons. The maximum Gasteiger partial charge on any atom is 0.338 e. The van der Waals surface area contributed by atoms with Crippen LogP contribution < -0.4 is 15.4 Å². The van der Waals surface area contributed by atoms with E-state index in [1.54, 1.807) is 19.1 Å². The predicted molar refractivity (Wildman–Crippen MR) is 117 cm³/mol.